The average molecular weight is 234 g/mol. The molecule has 5 nitrogen and oxygen atoms in total. The van der Waals surface area contributed by atoms with Crippen molar-refractivity contribution < 1.29 is 14.7 Å². The summed E-state index contributed by atoms with van der Waals surface area (Å²) in [4.78, 5) is 22.8. The van der Waals surface area contributed by atoms with Crippen LogP contribution < -0.4 is 10.6 Å². The van der Waals surface area contributed by atoms with Gasteiger partial charge in [-0.15, -0.1) is 0 Å². The lowest BCUT2D eigenvalue weighted by atomic mass is 10.2. The Balaban J connectivity index is 2.00. The second kappa shape index (κ2) is 4.97. The number of anilines is 1. The number of carbonyl (C=O) groups excluding carboxylic acids is 2. The van der Waals surface area contributed by atoms with E-state index in [0.29, 0.717) is 18.5 Å². The molecule has 1 aliphatic rings. The highest BCUT2D eigenvalue weighted by molar-refractivity contribution is 5.98. The lowest BCUT2D eigenvalue weighted by molar-refractivity contribution is -0.122. The predicted octanol–water partition coefficient (Wildman–Crippen LogP) is 0.396. The Kier molecular flexibility index (Phi) is 3.39. The number of hydrogen-bond acceptors (Lipinski definition) is 3. The van der Waals surface area contributed by atoms with Gasteiger partial charge in [-0.25, -0.2) is 0 Å². The molecule has 1 heterocycles. The summed E-state index contributed by atoms with van der Waals surface area (Å²) in [6.07, 6.45) is 0.930. The SMILES string of the molecule is O=C1CCC(C(=O)Nc2cccc(CO)c2)N1. The third-order valence-corrected chi connectivity index (χ3v) is 2.69. The van der Waals surface area contributed by atoms with Crippen molar-refractivity contribution in [2.45, 2.75) is 25.5 Å². The minimum absolute atomic E-state index is 0.0656. The first-order valence-corrected chi connectivity index (χ1v) is 5.49. The summed E-state index contributed by atoms with van der Waals surface area (Å²) in [5.41, 5.74) is 1.36. The molecule has 1 aliphatic heterocycles. The maximum absolute atomic E-state index is 11.8. The van der Waals surface area contributed by atoms with Crippen LogP contribution in [0.25, 0.3) is 0 Å². The highest BCUT2D eigenvalue weighted by Crippen LogP contribution is 2.13. The maximum Gasteiger partial charge on any atom is 0.246 e. The van der Waals surface area contributed by atoms with Crippen molar-refractivity contribution in [3.8, 4) is 0 Å². The van der Waals surface area contributed by atoms with Gasteiger partial charge in [-0.2, -0.15) is 0 Å². The Morgan fingerprint density at radius 2 is 2.35 bits per heavy atom. The number of nitrogens with one attached hydrogen (secondary N) is 2. The summed E-state index contributed by atoms with van der Waals surface area (Å²) in [5, 5.41) is 14.3. The van der Waals surface area contributed by atoms with Crippen LogP contribution >= 0.6 is 0 Å². The Morgan fingerprint density at radius 3 is 3.00 bits per heavy atom. The van der Waals surface area contributed by atoms with Gasteiger partial charge >= 0.3 is 0 Å². The zero-order valence-corrected chi connectivity index (χ0v) is 9.27. The third-order valence-electron chi connectivity index (χ3n) is 2.69. The Bertz CT molecular complexity index is 445. The van der Waals surface area contributed by atoms with Crippen LogP contribution in [0.4, 0.5) is 5.69 Å². The van der Waals surface area contributed by atoms with Crippen LogP contribution in [0.15, 0.2) is 24.3 Å². The van der Waals surface area contributed by atoms with Gasteiger partial charge in [0.05, 0.1) is 6.61 Å². The summed E-state index contributed by atoms with van der Waals surface area (Å²) >= 11 is 0. The van der Waals surface area contributed by atoms with Crippen molar-refractivity contribution >= 4 is 17.5 Å². The Morgan fingerprint density at radius 1 is 1.53 bits per heavy atom. The lowest BCUT2D eigenvalue weighted by Crippen LogP contribution is -2.37. The highest BCUT2D eigenvalue weighted by atomic mass is 16.3. The van der Waals surface area contributed by atoms with E-state index in [9.17, 15) is 9.59 Å². The topological polar surface area (TPSA) is 78.4 Å². The molecule has 1 unspecified atom stereocenters. The molecule has 1 atom stereocenters. The summed E-state index contributed by atoms with van der Waals surface area (Å²) in [6.45, 7) is -0.0656. The minimum atomic E-state index is -0.444. The van der Waals surface area contributed by atoms with Gasteiger partial charge in [0.25, 0.3) is 0 Å². The van der Waals surface area contributed by atoms with Crippen LogP contribution in [0.3, 0.4) is 0 Å². The Hall–Kier alpha value is -1.88. The van der Waals surface area contributed by atoms with Crippen molar-refractivity contribution in [1.29, 1.82) is 0 Å². The maximum atomic E-state index is 11.8. The van der Waals surface area contributed by atoms with Crippen LogP contribution in [0.5, 0.6) is 0 Å². The van der Waals surface area contributed by atoms with Gasteiger partial charge < -0.3 is 15.7 Å². The summed E-state index contributed by atoms with van der Waals surface area (Å²) in [5.74, 6) is -0.305. The van der Waals surface area contributed by atoms with Crippen LogP contribution in [0.1, 0.15) is 18.4 Å². The first-order valence-electron chi connectivity index (χ1n) is 5.49. The van der Waals surface area contributed by atoms with Gasteiger partial charge in [-0.3, -0.25) is 9.59 Å². The van der Waals surface area contributed by atoms with Gasteiger partial charge in [0.2, 0.25) is 11.8 Å². The molecule has 0 saturated carbocycles. The van der Waals surface area contributed by atoms with Crippen LogP contribution in [0, 0.1) is 0 Å². The van der Waals surface area contributed by atoms with Gasteiger partial charge in [-0.1, -0.05) is 12.1 Å². The van der Waals surface area contributed by atoms with Crippen molar-refractivity contribution in [3.63, 3.8) is 0 Å². The fourth-order valence-corrected chi connectivity index (χ4v) is 1.79. The Labute approximate surface area is 98.8 Å². The van der Waals surface area contributed by atoms with E-state index >= 15 is 0 Å². The zero-order chi connectivity index (χ0) is 12.3. The number of aliphatic hydroxyl groups excluding tert-OH is 1. The number of amides is 2. The van der Waals surface area contributed by atoms with E-state index in [1.54, 1.807) is 24.3 Å². The zero-order valence-electron chi connectivity index (χ0n) is 9.27. The molecule has 2 amide bonds. The fourth-order valence-electron chi connectivity index (χ4n) is 1.79. The van der Waals surface area contributed by atoms with E-state index in [2.05, 4.69) is 10.6 Å². The average Bonchev–Trinajstić information content (AvgIpc) is 2.76. The smallest absolute Gasteiger partial charge is 0.246 e. The molecule has 0 radical (unpaired) electrons. The molecule has 2 rings (SSSR count). The minimum Gasteiger partial charge on any atom is -0.392 e. The predicted molar refractivity (Wildman–Crippen MR) is 62.2 cm³/mol. The molecule has 0 aliphatic carbocycles. The normalized spacial score (nSPS) is 18.9. The molecule has 0 bridgehead atoms. The van der Waals surface area contributed by atoms with E-state index in [4.69, 9.17) is 5.11 Å². The first kappa shape index (κ1) is 11.6. The molecule has 1 aromatic carbocycles. The number of carbonyl (C=O) groups is 2. The molecule has 17 heavy (non-hydrogen) atoms. The second-order valence-electron chi connectivity index (χ2n) is 4.01. The fraction of sp³-hybridized carbons (Fsp3) is 0.333. The van der Waals surface area contributed by atoms with Gasteiger partial charge in [0.1, 0.15) is 6.04 Å². The van der Waals surface area contributed by atoms with Crippen LogP contribution in [0.2, 0.25) is 0 Å². The van der Waals surface area contributed by atoms with Crippen LogP contribution in [-0.2, 0) is 16.2 Å². The van der Waals surface area contributed by atoms with Gasteiger partial charge in [-0.05, 0) is 24.1 Å². The van der Waals surface area contributed by atoms with E-state index in [0.717, 1.165) is 5.56 Å². The third kappa shape index (κ3) is 2.82. The first-order chi connectivity index (χ1) is 8.19. The highest BCUT2D eigenvalue weighted by Gasteiger charge is 2.26. The molecule has 1 aromatic rings. The monoisotopic (exact) mass is 234 g/mol. The van der Waals surface area contributed by atoms with Gasteiger partial charge in [0, 0.05) is 12.1 Å². The second-order valence-corrected chi connectivity index (χ2v) is 4.01. The number of benzene rings is 1. The van der Waals surface area contributed by atoms with Crippen molar-refractivity contribution in [2.75, 3.05) is 5.32 Å². The van der Waals surface area contributed by atoms with Crippen molar-refractivity contribution in [3.05, 3.63) is 29.8 Å². The molecular formula is C12H14N2O3. The standard InChI is InChI=1S/C12H14N2O3/c15-7-8-2-1-3-9(6-8)13-12(17)10-4-5-11(16)14-10/h1-3,6,10,15H,4-5,7H2,(H,13,17)(H,14,16). The molecule has 1 fully saturated rings. The summed E-state index contributed by atoms with van der Waals surface area (Å²) in [7, 11) is 0. The van der Waals surface area contributed by atoms with Crippen LogP contribution in [-0.4, -0.2) is 23.0 Å². The summed E-state index contributed by atoms with van der Waals surface area (Å²) < 4.78 is 0. The molecule has 1 saturated heterocycles. The largest absolute Gasteiger partial charge is 0.392 e. The van der Waals surface area contributed by atoms with Crippen molar-refractivity contribution in [2.24, 2.45) is 0 Å². The number of aliphatic hydroxyl groups is 1. The molecular weight excluding hydrogens is 220 g/mol. The lowest BCUT2D eigenvalue weighted by Gasteiger charge is -2.11. The van der Waals surface area contributed by atoms with E-state index in [-0.39, 0.29) is 18.4 Å². The summed E-state index contributed by atoms with van der Waals surface area (Å²) in [6, 6.07) is 6.53. The molecule has 0 spiro atoms. The van der Waals surface area contributed by atoms with Gasteiger partial charge in [0.15, 0.2) is 0 Å². The van der Waals surface area contributed by atoms with E-state index in [1.807, 2.05) is 0 Å². The number of rotatable bonds is 3. The molecule has 3 N–H and O–H groups in total. The molecule has 90 valence electrons. The van der Waals surface area contributed by atoms with E-state index in [1.165, 1.54) is 0 Å². The molecule has 5 heteroatoms. The van der Waals surface area contributed by atoms with E-state index < -0.39 is 6.04 Å². The number of hydrogen-bond donors (Lipinski definition) is 3. The van der Waals surface area contributed by atoms with Crippen molar-refractivity contribution in [1.82, 2.24) is 5.32 Å². The molecule has 0 aromatic heterocycles. The quantitative estimate of drug-likeness (QED) is 0.708.